The second-order valence-corrected chi connectivity index (χ2v) is 5.81. The van der Waals surface area contributed by atoms with Crippen LogP contribution < -0.4 is 5.73 Å². The van der Waals surface area contributed by atoms with Gasteiger partial charge in [-0.15, -0.1) is 0 Å². The molecule has 2 nitrogen and oxygen atoms in total. The molecule has 0 saturated carbocycles. The van der Waals surface area contributed by atoms with Gasteiger partial charge in [0.2, 0.25) is 0 Å². The highest BCUT2D eigenvalue weighted by Crippen LogP contribution is 2.22. The van der Waals surface area contributed by atoms with Gasteiger partial charge in [-0.1, -0.05) is 6.07 Å². The Balaban J connectivity index is 0.000000131. The van der Waals surface area contributed by atoms with Crippen molar-refractivity contribution in [3.8, 4) is 0 Å². The summed E-state index contributed by atoms with van der Waals surface area (Å²) >= 11 is 0. The molecule has 2 aliphatic rings. The topological polar surface area (TPSA) is 43.1 Å². The third kappa shape index (κ3) is 3.07. The lowest BCUT2D eigenvalue weighted by atomic mass is 10.1. The van der Waals surface area contributed by atoms with Gasteiger partial charge in [-0.2, -0.15) is 0 Å². The average Bonchev–Trinajstić information content (AvgIpc) is 3.01. The van der Waals surface area contributed by atoms with Crippen LogP contribution in [0.4, 0.5) is 8.78 Å². The highest BCUT2D eigenvalue weighted by atomic mass is 19.1. The Morgan fingerprint density at radius 2 is 1.50 bits per heavy atom. The van der Waals surface area contributed by atoms with Gasteiger partial charge in [0.25, 0.3) is 0 Å². The second-order valence-electron chi connectivity index (χ2n) is 5.81. The molecular formula is C18H17F2NO. The van der Waals surface area contributed by atoms with E-state index in [1.54, 1.807) is 12.1 Å². The average molecular weight is 301 g/mol. The van der Waals surface area contributed by atoms with Crippen molar-refractivity contribution >= 4 is 5.78 Å². The molecule has 0 amide bonds. The molecule has 2 aliphatic carbocycles. The first kappa shape index (κ1) is 14.9. The molecule has 114 valence electrons. The molecule has 0 aliphatic heterocycles. The summed E-state index contributed by atoms with van der Waals surface area (Å²) < 4.78 is 25.2. The van der Waals surface area contributed by atoms with Crippen LogP contribution in [-0.2, 0) is 19.3 Å². The zero-order valence-corrected chi connectivity index (χ0v) is 12.1. The van der Waals surface area contributed by atoms with Gasteiger partial charge in [-0.05, 0) is 66.3 Å². The van der Waals surface area contributed by atoms with E-state index in [4.69, 9.17) is 5.73 Å². The van der Waals surface area contributed by atoms with Crippen molar-refractivity contribution in [1.82, 2.24) is 0 Å². The maximum Gasteiger partial charge on any atom is 0.163 e. The number of hydrogen-bond donors (Lipinski definition) is 1. The van der Waals surface area contributed by atoms with Gasteiger partial charge in [0.1, 0.15) is 11.6 Å². The van der Waals surface area contributed by atoms with E-state index in [1.807, 2.05) is 6.07 Å². The Kier molecular flexibility index (Phi) is 4.03. The van der Waals surface area contributed by atoms with Gasteiger partial charge in [0.05, 0.1) is 0 Å². The summed E-state index contributed by atoms with van der Waals surface area (Å²) in [5.74, 6) is -0.267. The first-order chi connectivity index (χ1) is 10.5. The molecule has 0 radical (unpaired) electrons. The normalized spacial score (nSPS) is 18.5. The molecule has 2 aromatic carbocycles. The maximum absolute atomic E-state index is 12.6. The largest absolute Gasteiger partial charge is 0.327 e. The summed E-state index contributed by atoms with van der Waals surface area (Å²) in [6.07, 6.45) is 2.97. The lowest BCUT2D eigenvalue weighted by Gasteiger charge is -1.95. The van der Waals surface area contributed by atoms with Crippen LogP contribution in [0.25, 0.3) is 0 Å². The van der Waals surface area contributed by atoms with Crippen molar-refractivity contribution in [1.29, 1.82) is 0 Å². The second kappa shape index (κ2) is 5.97. The lowest BCUT2D eigenvalue weighted by Crippen LogP contribution is -2.18. The molecule has 0 spiro atoms. The molecule has 2 aromatic rings. The van der Waals surface area contributed by atoms with Gasteiger partial charge in [0.15, 0.2) is 5.78 Å². The Bertz CT molecular complexity index is 727. The first-order valence-corrected chi connectivity index (χ1v) is 7.37. The number of hydrogen-bond acceptors (Lipinski definition) is 2. The van der Waals surface area contributed by atoms with Gasteiger partial charge < -0.3 is 5.73 Å². The van der Waals surface area contributed by atoms with Crippen LogP contribution in [-0.4, -0.2) is 11.8 Å². The van der Waals surface area contributed by atoms with E-state index in [0.717, 1.165) is 24.0 Å². The molecule has 22 heavy (non-hydrogen) atoms. The molecule has 0 heterocycles. The number of carbonyl (C=O) groups is 1. The van der Waals surface area contributed by atoms with Crippen LogP contribution in [0.3, 0.4) is 0 Å². The number of ketones is 1. The number of benzene rings is 2. The number of aryl methyl sites for hydroxylation is 1. The minimum atomic E-state index is -0.251. The summed E-state index contributed by atoms with van der Waals surface area (Å²) in [5, 5.41) is 0. The van der Waals surface area contributed by atoms with E-state index in [1.165, 1.54) is 23.8 Å². The fourth-order valence-electron chi connectivity index (χ4n) is 3.04. The van der Waals surface area contributed by atoms with Gasteiger partial charge in [-0.25, -0.2) is 8.78 Å². The minimum Gasteiger partial charge on any atom is -0.327 e. The van der Waals surface area contributed by atoms with Crippen molar-refractivity contribution in [2.75, 3.05) is 0 Å². The summed E-state index contributed by atoms with van der Waals surface area (Å²) in [6, 6.07) is 9.46. The molecule has 0 saturated heterocycles. The molecule has 0 fully saturated rings. The smallest absolute Gasteiger partial charge is 0.163 e. The van der Waals surface area contributed by atoms with E-state index in [0.29, 0.717) is 18.4 Å². The minimum absolute atomic E-state index is 0.139. The molecule has 1 atom stereocenters. The summed E-state index contributed by atoms with van der Waals surface area (Å²) in [4.78, 5) is 11.1. The van der Waals surface area contributed by atoms with Crippen LogP contribution in [0.5, 0.6) is 0 Å². The van der Waals surface area contributed by atoms with Crippen LogP contribution in [0, 0.1) is 11.6 Å². The zero-order chi connectivity index (χ0) is 15.7. The van der Waals surface area contributed by atoms with Crippen molar-refractivity contribution in [2.45, 2.75) is 31.7 Å². The Morgan fingerprint density at radius 3 is 2.27 bits per heavy atom. The molecular weight excluding hydrogens is 284 g/mol. The molecule has 4 heteroatoms. The number of halogens is 2. The molecule has 2 N–H and O–H groups in total. The van der Waals surface area contributed by atoms with Crippen LogP contribution in [0.2, 0.25) is 0 Å². The SMILES string of the molecule is NC1Cc2ccc(F)cc2C1.O=C1CCc2cc(F)ccc21. The van der Waals surface area contributed by atoms with Crippen molar-refractivity contribution in [3.05, 3.63) is 70.3 Å². The molecule has 1 unspecified atom stereocenters. The number of nitrogens with two attached hydrogens (primary N) is 1. The predicted octanol–water partition coefficient (Wildman–Crippen LogP) is 3.21. The fourth-order valence-corrected chi connectivity index (χ4v) is 3.04. The van der Waals surface area contributed by atoms with Gasteiger partial charge >= 0.3 is 0 Å². The lowest BCUT2D eigenvalue weighted by molar-refractivity contribution is 0.0994. The van der Waals surface area contributed by atoms with Gasteiger partial charge in [0, 0.05) is 18.0 Å². The van der Waals surface area contributed by atoms with E-state index in [9.17, 15) is 13.6 Å². The third-order valence-corrected chi connectivity index (χ3v) is 4.12. The zero-order valence-electron chi connectivity index (χ0n) is 12.1. The van der Waals surface area contributed by atoms with Crippen LogP contribution >= 0.6 is 0 Å². The molecule has 0 bridgehead atoms. The Labute approximate surface area is 128 Å². The monoisotopic (exact) mass is 301 g/mol. The highest BCUT2D eigenvalue weighted by Gasteiger charge is 2.19. The predicted molar refractivity (Wildman–Crippen MR) is 80.8 cm³/mol. The fraction of sp³-hybridized carbons (Fsp3) is 0.278. The Hall–Kier alpha value is -2.07. The van der Waals surface area contributed by atoms with Crippen molar-refractivity contribution < 1.29 is 13.6 Å². The summed E-state index contributed by atoms with van der Waals surface area (Å²) in [5.41, 5.74) is 9.56. The highest BCUT2D eigenvalue weighted by molar-refractivity contribution is 6.00. The van der Waals surface area contributed by atoms with Crippen LogP contribution in [0.15, 0.2) is 36.4 Å². The molecule has 0 aromatic heterocycles. The maximum atomic E-state index is 12.6. The number of rotatable bonds is 0. The number of fused-ring (bicyclic) bond motifs is 2. The van der Waals surface area contributed by atoms with Crippen molar-refractivity contribution in [2.24, 2.45) is 5.73 Å². The first-order valence-electron chi connectivity index (χ1n) is 7.37. The Morgan fingerprint density at radius 1 is 0.864 bits per heavy atom. The quantitative estimate of drug-likeness (QED) is 0.812. The van der Waals surface area contributed by atoms with E-state index < -0.39 is 0 Å². The van der Waals surface area contributed by atoms with E-state index >= 15 is 0 Å². The van der Waals surface area contributed by atoms with E-state index in [2.05, 4.69) is 0 Å². The van der Waals surface area contributed by atoms with Crippen LogP contribution in [0.1, 0.15) is 33.5 Å². The van der Waals surface area contributed by atoms with Gasteiger partial charge in [-0.3, -0.25) is 4.79 Å². The van der Waals surface area contributed by atoms with E-state index in [-0.39, 0.29) is 23.5 Å². The number of carbonyl (C=O) groups excluding carboxylic acids is 1. The molecule has 4 rings (SSSR count). The summed E-state index contributed by atoms with van der Waals surface area (Å²) in [7, 11) is 0. The standard InChI is InChI=1S/C9H10FN.C9H7FO/c10-8-2-1-6-4-9(11)5-7(6)3-8;10-7-2-3-8-6(5-7)1-4-9(8)11/h1-3,9H,4-5,11H2;2-3,5H,1,4H2. The summed E-state index contributed by atoms with van der Waals surface area (Å²) in [6.45, 7) is 0. The number of Topliss-reactive ketones (excluding diaryl/α,β-unsaturated/α-hetero) is 1. The van der Waals surface area contributed by atoms with Crippen molar-refractivity contribution in [3.63, 3.8) is 0 Å². The third-order valence-electron chi connectivity index (χ3n) is 4.12.